The van der Waals surface area contributed by atoms with E-state index < -0.39 is 0 Å². The third-order valence-electron chi connectivity index (χ3n) is 4.97. The van der Waals surface area contributed by atoms with Crippen molar-refractivity contribution < 1.29 is 10.2 Å². The summed E-state index contributed by atoms with van der Waals surface area (Å²) in [6, 6.07) is 0. The van der Waals surface area contributed by atoms with E-state index in [1.807, 2.05) is 0 Å². The van der Waals surface area contributed by atoms with Gasteiger partial charge in [0, 0.05) is 10.8 Å². The highest BCUT2D eigenvalue weighted by Gasteiger charge is 2.74. The van der Waals surface area contributed by atoms with Gasteiger partial charge in [-0.15, -0.1) is 0 Å². The van der Waals surface area contributed by atoms with Crippen molar-refractivity contribution in [1.82, 2.24) is 0 Å². The molecule has 0 radical (unpaired) electrons. The molecule has 3 rings (SSSR count). The molecule has 3 aliphatic rings. The summed E-state index contributed by atoms with van der Waals surface area (Å²) in [4.78, 5) is 0. The van der Waals surface area contributed by atoms with Gasteiger partial charge in [-0.2, -0.15) is 0 Å². The Morgan fingerprint density at radius 2 is 1.31 bits per heavy atom. The zero-order chi connectivity index (χ0) is 9.10. The Labute approximate surface area is 79.0 Å². The SMILES string of the molecule is OC1CCCC23CC12CCCC3O. The van der Waals surface area contributed by atoms with E-state index in [2.05, 4.69) is 0 Å². The monoisotopic (exact) mass is 182 g/mol. The van der Waals surface area contributed by atoms with Gasteiger partial charge in [0.15, 0.2) is 0 Å². The van der Waals surface area contributed by atoms with E-state index in [-0.39, 0.29) is 23.0 Å². The number of rotatable bonds is 0. The van der Waals surface area contributed by atoms with Gasteiger partial charge in [0.2, 0.25) is 0 Å². The highest BCUT2D eigenvalue weighted by Crippen LogP contribution is 2.77. The molecular weight excluding hydrogens is 164 g/mol. The summed E-state index contributed by atoms with van der Waals surface area (Å²) in [6.07, 6.45) is 7.34. The van der Waals surface area contributed by atoms with Gasteiger partial charge >= 0.3 is 0 Å². The minimum atomic E-state index is -0.115. The van der Waals surface area contributed by atoms with Crippen molar-refractivity contribution in [2.45, 2.75) is 57.2 Å². The lowest BCUT2D eigenvalue weighted by molar-refractivity contribution is -0.0529. The van der Waals surface area contributed by atoms with Crippen LogP contribution in [0.5, 0.6) is 0 Å². The lowest BCUT2D eigenvalue weighted by Gasteiger charge is -2.41. The average Bonchev–Trinajstić information content (AvgIpc) is 2.78. The van der Waals surface area contributed by atoms with Crippen molar-refractivity contribution in [2.75, 3.05) is 0 Å². The molecule has 0 amide bonds. The topological polar surface area (TPSA) is 40.5 Å². The van der Waals surface area contributed by atoms with Gasteiger partial charge in [-0.25, -0.2) is 0 Å². The summed E-state index contributed by atoms with van der Waals surface area (Å²) >= 11 is 0. The Kier molecular flexibility index (Phi) is 1.45. The number of hydrogen-bond acceptors (Lipinski definition) is 2. The summed E-state index contributed by atoms with van der Waals surface area (Å²) in [7, 11) is 0. The maximum Gasteiger partial charge on any atom is 0.0602 e. The molecule has 0 bridgehead atoms. The molecule has 4 atom stereocenters. The predicted octanol–water partition coefficient (Wildman–Crippen LogP) is 1.45. The second kappa shape index (κ2) is 2.29. The molecule has 2 N–H and O–H groups in total. The van der Waals surface area contributed by atoms with Crippen LogP contribution in [-0.2, 0) is 0 Å². The van der Waals surface area contributed by atoms with Crippen molar-refractivity contribution in [3.8, 4) is 0 Å². The maximum absolute atomic E-state index is 10.0. The molecule has 74 valence electrons. The van der Waals surface area contributed by atoms with Gasteiger partial charge in [0.05, 0.1) is 12.2 Å². The Morgan fingerprint density at radius 1 is 0.846 bits per heavy atom. The fourth-order valence-electron chi connectivity index (χ4n) is 4.20. The van der Waals surface area contributed by atoms with Crippen molar-refractivity contribution >= 4 is 0 Å². The van der Waals surface area contributed by atoms with Gasteiger partial charge in [0.1, 0.15) is 0 Å². The molecule has 3 saturated carbocycles. The Bertz CT molecular complexity index is 216. The van der Waals surface area contributed by atoms with E-state index in [4.69, 9.17) is 0 Å². The van der Waals surface area contributed by atoms with Crippen LogP contribution in [0.15, 0.2) is 0 Å². The summed E-state index contributed by atoms with van der Waals surface area (Å²) in [6.45, 7) is 0. The highest BCUT2D eigenvalue weighted by molar-refractivity contribution is 5.23. The minimum Gasteiger partial charge on any atom is -0.393 e. The fraction of sp³-hybridized carbons (Fsp3) is 1.00. The van der Waals surface area contributed by atoms with Crippen molar-refractivity contribution in [3.63, 3.8) is 0 Å². The van der Waals surface area contributed by atoms with Gasteiger partial charge in [-0.05, 0) is 32.1 Å². The van der Waals surface area contributed by atoms with Gasteiger partial charge < -0.3 is 10.2 Å². The zero-order valence-electron chi connectivity index (χ0n) is 8.00. The second-order valence-corrected chi connectivity index (χ2v) is 5.31. The van der Waals surface area contributed by atoms with Gasteiger partial charge in [-0.3, -0.25) is 0 Å². The molecule has 0 aromatic rings. The van der Waals surface area contributed by atoms with Crippen LogP contribution in [0.4, 0.5) is 0 Å². The summed E-state index contributed by atoms with van der Waals surface area (Å²) in [5.41, 5.74) is 0.311. The van der Waals surface area contributed by atoms with Crippen LogP contribution in [-0.4, -0.2) is 22.4 Å². The first-order valence-corrected chi connectivity index (χ1v) is 5.57. The van der Waals surface area contributed by atoms with Crippen LogP contribution in [0.2, 0.25) is 0 Å². The number of aliphatic hydroxyl groups is 2. The first-order valence-electron chi connectivity index (χ1n) is 5.57. The molecule has 13 heavy (non-hydrogen) atoms. The van der Waals surface area contributed by atoms with Crippen LogP contribution in [0.25, 0.3) is 0 Å². The molecule has 3 aliphatic carbocycles. The standard InChI is InChI=1S/C11H18O2/c12-8-3-1-5-10-7-11(8,10)6-2-4-9(10)13/h8-9,12-13H,1-7H2. The van der Waals surface area contributed by atoms with Crippen LogP contribution in [0, 0.1) is 10.8 Å². The predicted molar refractivity (Wildman–Crippen MR) is 49.2 cm³/mol. The lowest BCUT2D eigenvalue weighted by Crippen LogP contribution is -2.41. The smallest absolute Gasteiger partial charge is 0.0602 e. The number of hydrogen-bond donors (Lipinski definition) is 2. The molecule has 0 saturated heterocycles. The third-order valence-corrected chi connectivity index (χ3v) is 4.97. The molecule has 3 fully saturated rings. The van der Waals surface area contributed by atoms with Crippen molar-refractivity contribution in [1.29, 1.82) is 0 Å². The highest BCUT2D eigenvalue weighted by atomic mass is 16.3. The molecule has 2 heteroatoms. The molecule has 0 spiro atoms. The van der Waals surface area contributed by atoms with E-state index in [0.717, 1.165) is 44.9 Å². The third kappa shape index (κ3) is 0.774. The largest absolute Gasteiger partial charge is 0.393 e. The summed E-state index contributed by atoms with van der Waals surface area (Å²) < 4.78 is 0. The van der Waals surface area contributed by atoms with E-state index in [1.54, 1.807) is 0 Å². The lowest BCUT2D eigenvalue weighted by atomic mass is 9.68. The van der Waals surface area contributed by atoms with E-state index >= 15 is 0 Å². The fourth-order valence-corrected chi connectivity index (χ4v) is 4.20. The molecular formula is C11H18O2. The minimum absolute atomic E-state index is 0.115. The Hall–Kier alpha value is -0.0800. The van der Waals surface area contributed by atoms with Crippen LogP contribution < -0.4 is 0 Å². The molecule has 0 aromatic heterocycles. The van der Waals surface area contributed by atoms with Gasteiger partial charge in [0.25, 0.3) is 0 Å². The quantitative estimate of drug-likeness (QED) is 0.595. The summed E-state index contributed by atoms with van der Waals surface area (Å²) in [5, 5.41) is 20.0. The maximum atomic E-state index is 10.0. The zero-order valence-corrected chi connectivity index (χ0v) is 8.00. The van der Waals surface area contributed by atoms with Crippen molar-refractivity contribution in [3.05, 3.63) is 0 Å². The molecule has 4 unspecified atom stereocenters. The van der Waals surface area contributed by atoms with E-state index in [0.29, 0.717) is 0 Å². The average molecular weight is 182 g/mol. The molecule has 0 aliphatic heterocycles. The van der Waals surface area contributed by atoms with Crippen LogP contribution in [0.1, 0.15) is 44.9 Å². The van der Waals surface area contributed by atoms with E-state index in [1.165, 1.54) is 0 Å². The molecule has 0 heterocycles. The van der Waals surface area contributed by atoms with Crippen LogP contribution >= 0.6 is 0 Å². The number of aliphatic hydroxyl groups excluding tert-OH is 2. The Morgan fingerprint density at radius 3 is 1.77 bits per heavy atom. The Balaban J connectivity index is 1.95. The van der Waals surface area contributed by atoms with Crippen molar-refractivity contribution in [2.24, 2.45) is 10.8 Å². The van der Waals surface area contributed by atoms with E-state index in [9.17, 15) is 10.2 Å². The van der Waals surface area contributed by atoms with Crippen LogP contribution in [0.3, 0.4) is 0 Å². The summed E-state index contributed by atoms with van der Waals surface area (Å²) in [5.74, 6) is 0. The second-order valence-electron chi connectivity index (χ2n) is 5.31. The molecule has 2 nitrogen and oxygen atoms in total. The normalized spacial score (nSPS) is 59.5. The first-order chi connectivity index (χ1) is 6.21. The first kappa shape index (κ1) is 8.25. The van der Waals surface area contributed by atoms with Gasteiger partial charge in [-0.1, -0.05) is 12.8 Å². The molecule has 0 aromatic carbocycles.